The highest BCUT2D eigenvalue weighted by Crippen LogP contribution is 2.27. The van der Waals surface area contributed by atoms with Gasteiger partial charge < -0.3 is 5.32 Å². The summed E-state index contributed by atoms with van der Waals surface area (Å²) in [5.74, 6) is -0.0265. The molecule has 4 nitrogen and oxygen atoms in total. The Morgan fingerprint density at radius 2 is 2.17 bits per heavy atom. The molecule has 24 heavy (non-hydrogen) atoms. The summed E-state index contributed by atoms with van der Waals surface area (Å²) in [7, 11) is 3.85. The van der Waals surface area contributed by atoms with E-state index in [1.807, 2.05) is 29.5 Å². The van der Waals surface area contributed by atoms with Crippen LogP contribution in [0.4, 0.5) is 0 Å². The molecule has 1 N–H and O–H groups in total. The van der Waals surface area contributed by atoms with Gasteiger partial charge in [-0.05, 0) is 48.7 Å². The zero-order valence-electron chi connectivity index (χ0n) is 14.6. The Bertz CT molecular complexity index is 712. The van der Waals surface area contributed by atoms with Crippen LogP contribution in [0.5, 0.6) is 0 Å². The summed E-state index contributed by atoms with van der Waals surface area (Å²) in [5, 5.41) is 4.88. The molecule has 5 heteroatoms. The normalized spacial score (nSPS) is 19.4. The van der Waals surface area contributed by atoms with Gasteiger partial charge in [0, 0.05) is 49.7 Å². The van der Waals surface area contributed by atoms with Gasteiger partial charge in [0.25, 0.3) is 5.91 Å². The third kappa shape index (κ3) is 3.69. The van der Waals surface area contributed by atoms with Gasteiger partial charge in [-0.2, -0.15) is 0 Å². The Labute approximate surface area is 148 Å². The van der Waals surface area contributed by atoms with Crippen molar-refractivity contribution in [3.8, 4) is 0 Å². The summed E-state index contributed by atoms with van der Waals surface area (Å²) in [6, 6.07) is 10.5. The average Bonchev–Trinajstić information content (AvgIpc) is 3.00. The van der Waals surface area contributed by atoms with Gasteiger partial charge in [0.1, 0.15) is 0 Å². The minimum atomic E-state index is -0.0265. The molecule has 0 bridgehead atoms. The number of likely N-dealkylation sites (N-methyl/N-ethyl adjacent to an activating group) is 1. The third-order valence-corrected chi connectivity index (χ3v) is 5.84. The van der Waals surface area contributed by atoms with E-state index in [0.29, 0.717) is 6.04 Å². The molecule has 0 saturated carbocycles. The Balaban J connectivity index is 1.76. The largest absolute Gasteiger partial charge is 0.355 e. The molecular formula is C19H25N3OS. The van der Waals surface area contributed by atoms with Gasteiger partial charge in [-0.25, -0.2) is 0 Å². The van der Waals surface area contributed by atoms with E-state index in [9.17, 15) is 4.79 Å². The number of aryl methyl sites for hydroxylation is 1. The number of carbonyl (C=O) groups is 1. The van der Waals surface area contributed by atoms with Crippen molar-refractivity contribution in [2.45, 2.75) is 19.5 Å². The van der Waals surface area contributed by atoms with Crippen LogP contribution in [0.25, 0.3) is 0 Å². The van der Waals surface area contributed by atoms with Crippen LogP contribution in [-0.2, 0) is 6.54 Å². The number of hydrogen-bond donors (Lipinski definition) is 1. The van der Waals surface area contributed by atoms with Crippen molar-refractivity contribution in [1.82, 2.24) is 15.1 Å². The van der Waals surface area contributed by atoms with Gasteiger partial charge in [0.2, 0.25) is 0 Å². The molecule has 1 aromatic heterocycles. The van der Waals surface area contributed by atoms with Crippen molar-refractivity contribution in [1.29, 1.82) is 0 Å². The van der Waals surface area contributed by atoms with Gasteiger partial charge in [0.15, 0.2) is 0 Å². The number of nitrogens with one attached hydrogen (secondary N) is 1. The molecule has 128 valence electrons. The van der Waals surface area contributed by atoms with Crippen molar-refractivity contribution < 1.29 is 4.79 Å². The first-order valence-electron chi connectivity index (χ1n) is 8.36. The molecule has 1 atom stereocenters. The van der Waals surface area contributed by atoms with E-state index in [2.05, 4.69) is 46.6 Å². The minimum Gasteiger partial charge on any atom is -0.355 e. The number of thiophene rings is 1. The van der Waals surface area contributed by atoms with Crippen molar-refractivity contribution in [3.63, 3.8) is 0 Å². The second-order valence-corrected chi connectivity index (χ2v) is 7.46. The molecule has 2 aromatic rings. The topological polar surface area (TPSA) is 35.6 Å². The summed E-state index contributed by atoms with van der Waals surface area (Å²) in [5.41, 5.74) is 3.33. The second-order valence-electron chi connectivity index (χ2n) is 6.46. The molecule has 3 rings (SSSR count). The van der Waals surface area contributed by atoms with E-state index in [1.54, 1.807) is 7.05 Å². The smallest absolute Gasteiger partial charge is 0.251 e. The van der Waals surface area contributed by atoms with Crippen LogP contribution in [0.2, 0.25) is 0 Å². The maximum atomic E-state index is 11.9. The summed E-state index contributed by atoms with van der Waals surface area (Å²) < 4.78 is 0. The van der Waals surface area contributed by atoms with Crippen molar-refractivity contribution in [3.05, 3.63) is 57.3 Å². The lowest BCUT2D eigenvalue weighted by Gasteiger charge is -2.39. The van der Waals surface area contributed by atoms with Crippen molar-refractivity contribution in [2.75, 3.05) is 33.7 Å². The van der Waals surface area contributed by atoms with Gasteiger partial charge >= 0.3 is 0 Å². The fourth-order valence-electron chi connectivity index (χ4n) is 3.23. The highest BCUT2D eigenvalue weighted by Gasteiger charge is 2.26. The van der Waals surface area contributed by atoms with E-state index >= 15 is 0 Å². The lowest BCUT2D eigenvalue weighted by molar-refractivity contribution is 0.0906. The minimum absolute atomic E-state index is 0.0265. The number of carbonyl (C=O) groups excluding carboxylic acids is 1. The van der Waals surface area contributed by atoms with Crippen LogP contribution in [0.15, 0.2) is 35.7 Å². The van der Waals surface area contributed by atoms with Crippen molar-refractivity contribution >= 4 is 17.2 Å². The van der Waals surface area contributed by atoms with Crippen molar-refractivity contribution in [2.24, 2.45) is 0 Å². The average molecular weight is 343 g/mol. The summed E-state index contributed by atoms with van der Waals surface area (Å²) in [4.78, 5) is 18.3. The second kappa shape index (κ2) is 7.47. The van der Waals surface area contributed by atoms with Crippen LogP contribution in [0, 0.1) is 6.92 Å². The van der Waals surface area contributed by atoms with Crippen LogP contribution in [0.1, 0.15) is 32.4 Å². The molecule has 0 spiro atoms. The maximum absolute atomic E-state index is 11.9. The Morgan fingerprint density at radius 1 is 1.33 bits per heavy atom. The summed E-state index contributed by atoms with van der Waals surface area (Å²) in [6.45, 7) is 6.32. The molecule has 1 aliphatic rings. The van der Waals surface area contributed by atoms with Gasteiger partial charge in [-0.1, -0.05) is 12.1 Å². The molecule has 1 unspecified atom stereocenters. The molecule has 1 aliphatic heterocycles. The van der Waals surface area contributed by atoms with Crippen LogP contribution >= 0.6 is 11.3 Å². The molecule has 1 saturated heterocycles. The third-order valence-electron chi connectivity index (χ3n) is 4.83. The lowest BCUT2D eigenvalue weighted by atomic mass is 10.00. The molecular weight excluding hydrogens is 318 g/mol. The molecule has 1 amide bonds. The molecule has 2 heterocycles. The SMILES string of the molecule is CNC(=O)c1cccc(C2CN(Cc3sccc3C)CCN2C)c1. The fourth-order valence-corrected chi connectivity index (χ4v) is 4.18. The van der Waals surface area contributed by atoms with E-state index in [1.165, 1.54) is 16.0 Å². The van der Waals surface area contributed by atoms with E-state index in [-0.39, 0.29) is 5.91 Å². The standard InChI is InChI=1S/C19H25N3OS/c1-14-7-10-24-18(14)13-22-9-8-21(3)17(12-22)15-5-4-6-16(11-15)19(23)20-2/h4-7,10-11,17H,8-9,12-13H2,1-3H3,(H,20,23). The highest BCUT2D eigenvalue weighted by molar-refractivity contribution is 7.10. The fraction of sp³-hybridized carbons (Fsp3) is 0.421. The van der Waals surface area contributed by atoms with Gasteiger partial charge in [-0.15, -0.1) is 11.3 Å². The number of amides is 1. The summed E-state index contributed by atoms with van der Waals surface area (Å²) in [6.07, 6.45) is 0. The monoisotopic (exact) mass is 343 g/mol. The lowest BCUT2D eigenvalue weighted by Crippen LogP contribution is -2.46. The maximum Gasteiger partial charge on any atom is 0.251 e. The summed E-state index contributed by atoms with van der Waals surface area (Å²) >= 11 is 1.84. The quantitative estimate of drug-likeness (QED) is 0.927. The van der Waals surface area contributed by atoms with E-state index in [0.717, 1.165) is 31.7 Å². The van der Waals surface area contributed by atoms with Crippen LogP contribution in [-0.4, -0.2) is 49.4 Å². The zero-order valence-corrected chi connectivity index (χ0v) is 15.4. The predicted octanol–water partition coefficient (Wildman–Crippen LogP) is 2.90. The van der Waals surface area contributed by atoms with Gasteiger partial charge in [-0.3, -0.25) is 14.6 Å². The Hall–Kier alpha value is -1.69. The number of piperazine rings is 1. The van der Waals surface area contributed by atoms with Gasteiger partial charge in [0.05, 0.1) is 0 Å². The predicted molar refractivity (Wildman–Crippen MR) is 99.5 cm³/mol. The Morgan fingerprint density at radius 3 is 2.88 bits per heavy atom. The zero-order chi connectivity index (χ0) is 17.1. The Kier molecular flexibility index (Phi) is 5.33. The number of nitrogens with zero attached hydrogens (tertiary/aromatic N) is 2. The molecule has 1 aromatic carbocycles. The molecule has 0 aliphatic carbocycles. The molecule has 0 radical (unpaired) electrons. The van der Waals surface area contributed by atoms with E-state index in [4.69, 9.17) is 0 Å². The van der Waals surface area contributed by atoms with E-state index < -0.39 is 0 Å². The van der Waals surface area contributed by atoms with Crippen LogP contribution < -0.4 is 5.32 Å². The number of rotatable bonds is 4. The first kappa shape index (κ1) is 17.1. The highest BCUT2D eigenvalue weighted by atomic mass is 32.1. The number of hydrogen-bond acceptors (Lipinski definition) is 4. The first-order valence-corrected chi connectivity index (χ1v) is 9.24. The van der Waals surface area contributed by atoms with Crippen LogP contribution in [0.3, 0.4) is 0 Å². The molecule has 1 fully saturated rings. The first-order chi connectivity index (χ1) is 11.6. The number of benzene rings is 1.